The van der Waals surface area contributed by atoms with Gasteiger partial charge in [0.1, 0.15) is 11.8 Å². The van der Waals surface area contributed by atoms with Gasteiger partial charge in [-0.2, -0.15) is 5.10 Å². The summed E-state index contributed by atoms with van der Waals surface area (Å²) in [6, 6.07) is 2.29. The summed E-state index contributed by atoms with van der Waals surface area (Å²) in [5, 5.41) is 14.5. The van der Waals surface area contributed by atoms with Crippen LogP contribution in [-0.4, -0.2) is 22.0 Å². The summed E-state index contributed by atoms with van der Waals surface area (Å²) in [5.41, 5.74) is 0.596. The monoisotopic (exact) mass is 346 g/mol. The summed E-state index contributed by atoms with van der Waals surface area (Å²) in [7, 11) is 1.45. The number of ether oxygens (including phenoxy) is 1. The molecule has 0 amide bonds. The SMILES string of the molecule is CCn1ncc(OC)c1C(O)c1ccc(F)c(F)c1Br. The summed E-state index contributed by atoms with van der Waals surface area (Å²) in [6.45, 7) is 2.36. The summed E-state index contributed by atoms with van der Waals surface area (Å²) in [6.07, 6.45) is 0.285. The molecule has 1 aromatic carbocycles. The summed E-state index contributed by atoms with van der Waals surface area (Å²) in [5.74, 6) is -1.64. The first-order chi connectivity index (χ1) is 9.51. The van der Waals surface area contributed by atoms with Crippen molar-refractivity contribution in [1.82, 2.24) is 9.78 Å². The van der Waals surface area contributed by atoms with Crippen LogP contribution >= 0.6 is 15.9 Å². The van der Waals surface area contributed by atoms with E-state index in [0.29, 0.717) is 18.0 Å². The minimum Gasteiger partial charge on any atom is -0.493 e. The highest BCUT2D eigenvalue weighted by atomic mass is 79.9. The molecule has 0 fully saturated rings. The van der Waals surface area contributed by atoms with E-state index < -0.39 is 17.7 Å². The van der Waals surface area contributed by atoms with Crippen LogP contribution in [0.2, 0.25) is 0 Å². The lowest BCUT2D eigenvalue weighted by Gasteiger charge is -2.16. The third kappa shape index (κ3) is 2.43. The van der Waals surface area contributed by atoms with Crippen LogP contribution in [0.1, 0.15) is 24.3 Å². The Bertz CT molecular complexity index is 610. The van der Waals surface area contributed by atoms with Crippen LogP contribution in [0.3, 0.4) is 0 Å². The van der Waals surface area contributed by atoms with Crippen molar-refractivity contribution in [2.24, 2.45) is 0 Å². The number of rotatable bonds is 4. The average molecular weight is 347 g/mol. The molecule has 0 aliphatic rings. The van der Waals surface area contributed by atoms with Gasteiger partial charge < -0.3 is 9.84 Å². The first kappa shape index (κ1) is 14.9. The molecule has 1 unspecified atom stereocenters. The fraction of sp³-hybridized carbons (Fsp3) is 0.308. The molecule has 0 saturated heterocycles. The maximum Gasteiger partial charge on any atom is 0.173 e. The Kier molecular flexibility index (Phi) is 4.39. The molecule has 0 saturated carbocycles. The minimum atomic E-state index is -1.18. The zero-order chi connectivity index (χ0) is 14.9. The second-order valence-electron chi connectivity index (χ2n) is 4.08. The van der Waals surface area contributed by atoms with E-state index in [1.165, 1.54) is 24.1 Å². The molecular formula is C13H13BrF2N2O2. The summed E-state index contributed by atoms with van der Waals surface area (Å²) in [4.78, 5) is 0. The van der Waals surface area contributed by atoms with Gasteiger partial charge in [-0.05, 0) is 28.9 Å². The molecule has 0 aliphatic carbocycles. The van der Waals surface area contributed by atoms with E-state index in [4.69, 9.17) is 4.74 Å². The van der Waals surface area contributed by atoms with Crippen LogP contribution < -0.4 is 4.74 Å². The molecule has 108 valence electrons. The van der Waals surface area contributed by atoms with Crippen LogP contribution in [0.25, 0.3) is 0 Å². The van der Waals surface area contributed by atoms with E-state index >= 15 is 0 Å². The predicted octanol–water partition coefficient (Wildman–Crippen LogP) is 3.03. The van der Waals surface area contributed by atoms with Crippen LogP contribution in [0.15, 0.2) is 22.8 Å². The number of methoxy groups -OCH3 is 1. The van der Waals surface area contributed by atoms with E-state index in [1.807, 2.05) is 6.92 Å². The number of hydrogen-bond donors (Lipinski definition) is 1. The topological polar surface area (TPSA) is 47.3 Å². The lowest BCUT2D eigenvalue weighted by Crippen LogP contribution is -2.11. The standard InChI is InChI=1S/C13H13BrF2N2O2/c1-3-18-12(9(20-2)6-17-18)13(19)7-4-5-8(15)11(16)10(7)14/h4-6,13,19H,3H2,1-2H3. The number of aryl methyl sites for hydroxylation is 1. The van der Waals surface area contributed by atoms with Crippen molar-refractivity contribution < 1.29 is 18.6 Å². The molecule has 7 heteroatoms. The van der Waals surface area contributed by atoms with Crippen molar-refractivity contribution >= 4 is 15.9 Å². The first-order valence-corrected chi connectivity index (χ1v) is 6.71. The predicted molar refractivity (Wildman–Crippen MR) is 72.6 cm³/mol. The number of aliphatic hydroxyl groups is 1. The fourth-order valence-corrected chi connectivity index (χ4v) is 2.50. The Hall–Kier alpha value is -1.47. The Labute approximate surface area is 123 Å². The van der Waals surface area contributed by atoms with Gasteiger partial charge in [0.05, 0.1) is 17.8 Å². The fourth-order valence-electron chi connectivity index (χ4n) is 1.96. The van der Waals surface area contributed by atoms with Crippen molar-refractivity contribution in [3.8, 4) is 5.75 Å². The van der Waals surface area contributed by atoms with Crippen molar-refractivity contribution in [3.63, 3.8) is 0 Å². The third-order valence-electron chi connectivity index (χ3n) is 2.98. The van der Waals surface area contributed by atoms with Gasteiger partial charge in [-0.25, -0.2) is 8.78 Å². The van der Waals surface area contributed by atoms with Gasteiger partial charge in [0.25, 0.3) is 0 Å². The van der Waals surface area contributed by atoms with E-state index in [9.17, 15) is 13.9 Å². The Balaban J connectivity index is 2.54. The molecule has 0 aliphatic heterocycles. The number of aliphatic hydroxyl groups excluding tert-OH is 1. The molecule has 0 spiro atoms. The Morgan fingerprint density at radius 2 is 2.15 bits per heavy atom. The highest BCUT2D eigenvalue weighted by Gasteiger charge is 2.25. The lowest BCUT2D eigenvalue weighted by atomic mass is 10.1. The smallest absolute Gasteiger partial charge is 0.173 e. The highest BCUT2D eigenvalue weighted by Crippen LogP contribution is 2.35. The molecule has 1 aromatic heterocycles. The first-order valence-electron chi connectivity index (χ1n) is 5.92. The maximum atomic E-state index is 13.6. The van der Waals surface area contributed by atoms with Gasteiger partial charge in [-0.15, -0.1) is 0 Å². The highest BCUT2D eigenvalue weighted by molar-refractivity contribution is 9.10. The van der Waals surface area contributed by atoms with E-state index in [2.05, 4.69) is 21.0 Å². The zero-order valence-corrected chi connectivity index (χ0v) is 12.5. The Morgan fingerprint density at radius 1 is 1.45 bits per heavy atom. The molecule has 4 nitrogen and oxygen atoms in total. The van der Waals surface area contributed by atoms with E-state index in [0.717, 1.165) is 6.07 Å². The minimum absolute atomic E-state index is 0.115. The largest absolute Gasteiger partial charge is 0.493 e. The molecular weight excluding hydrogens is 334 g/mol. The maximum absolute atomic E-state index is 13.6. The number of halogens is 3. The number of aromatic nitrogens is 2. The van der Waals surface area contributed by atoms with Gasteiger partial charge in [0.15, 0.2) is 17.4 Å². The molecule has 1 atom stereocenters. The second kappa shape index (κ2) is 5.88. The van der Waals surface area contributed by atoms with Crippen molar-refractivity contribution in [2.75, 3.05) is 7.11 Å². The zero-order valence-electron chi connectivity index (χ0n) is 10.9. The average Bonchev–Trinajstić information content (AvgIpc) is 2.87. The summed E-state index contributed by atoms with van der Waals surface area (Å²) < 4.78 is 33.3. The van der Waals surface area contributed by atoms with Gasteiger partial charge in [-0.3, -0.25) is 4.68 Å². The third-order valence-corrected chi connectivity index (χ3v) is 3.79. The molecule has 1 heterocycles. The Morgan fingerprint density at radius 3 is 2.75 bits per heavy atom. The van der Waals surface area contributed by atoms with E-state index in [-0.39, 0.29) is 10.0 Å². The summed E-state index contributed by atoms with van der Waals surface area (Å²) >= 11 is 2.96. The van der Waals surface area contributed by atoms with Crippen LogP contribution in [-0.2, 0) is 6.54 Å². The van der Waals surface area contributed by atoms with Crippen LogP contribution in [0.5, 0.6) is 5.75 Å². The molecule has 0 bridgehead atoms. The molecule has 2 rings (SSSR count). The van der Waals surface area contributed by atoms with E-state index in [1.54, 1.807) is 0 Å². The van der Waals surface area contributed by atoms with Crippen LogP contribution in [0, 0.1) is 11.6 Å². The molecule has 2 aromatic rings. The van der Waals surface area contributed by atoms with Gasteiger partial charge >= 0.3 is 0 Å². The molecule has 1 N–H and O–H groups in total. The van der Waals surface area contributed by atoms with Gasteiger partial charge in [0, 0.05) is 12.1 Å². The number of nitrogens with zero attached hydrogens (tertiary/aromatic N) is 2. The van der Waals surface area contributed by atoms with Gasteiger partial charge in [0.2, 0.25) is 0 Å². The number of hydrogen-bond acceptors (Lipinski definition) is 3. The number of benzene rings is 1. The van der Waals surface area contributed by atoms with Crippen molar-refractivity contribution in [1.29, 1.82) is 0 Å². The lowest BCUT2D eigenvalue weighted by molar-refractivity contribution is 0.201. The quantitative estimate of drug-likeness (QED) is 0.865. The van der Waals surface area contributed by atoms with Crippen LogP contribution in [0.4, 0.5) is 8.78 Å². The molecule has 20 heavy (non-hydrogen) atoms. The second-order valence-corrected chi connectivity index (χ2v) is 4.87. The van der Waals surface area contributed by atoms with Gasteiger partial charge in [-0.1, -0.05) is 6.07 Å². The van der Waals surface area contributed by atoms with Crippen molar-refractivity contribution in [3.05, 3.63) is 45.7 Å². The van der Waals surface area contributed by atoms with Crippen molar-refractivity contribution in [2.45, 2.75) is 19.6 Å². The molecule has 0 radical (unpaired) electrons. The normalized spacial score (nSPS) is 12.5.